The Kier molecular flexibility index (Phi) is 2.48. The van der Waals surface area contributed by atoms with Crippen LogP contribution in [0.25, 0.3) is 5.69 Å². The molecule has 2 rings (SSSR count). The molecule has 78 valence electrons. The fraction of sp³-hybridized carbons (Fsp3) is 0.200. The van der Waals surface area contributed by atoms with Gasteiger partial charge in [-0.05, 0) is 29.1 Å². The fourth-order valence-corrected chi connectivity index (χ4v) is 1.54. The number of hydrogen-bond donors (Lipinski definition) is 0. The molecule has 0 fully saturated rings. The summed E-state index contributed by atoms with van der Waals surface area (Å²) in [6, 6.07) is 7.43. The summed E-state index contributed by atoms with van der Waals surface area (Å²) >= 11 is 3.34. The summed E-state index contributed by atoms with van der Waals surface area (Å²) in [7, 11) is 0. The molecule has 2 aromatic rings. The van der Waals surface area contributed by atoms with Crippen molar-refractivity contribution < 1.29 is 4.85 Å². The maximum absolute atomic E-state index is 11.7. The molecule has 0 radical (unpaired) electrons. The summed E-state index contributed by atoms with van der Waals surface area (Å²) in [5, 5.41) is 15.8. The third-order valence-electron chi connectivity index (χ3n) is 2.28. The molecule has 0 aliphatic rings. The van der Waals surface area contributed by atoms with Crippen LogP contribution >= 0.6 is 15.9 Å². The first-order chi connectivity index (χ1) is 7.09. The molecule has 0 bridgehead atoms. The van der Waals surface area contributed by atoms with Crippen molar-refractivity contribution in [3.8, 4) is 5.69 Å². The maximum Gasteiger partial charge on any atom is 0.219 e. The Morgan fingerprint density at radius 3 is 2.33 bits per heavy atom. The SMILES string of the molecule is Cc1nn(-c2ccc(Br)cc2)[n+]([O-])c1C. The van der Waals surface area contributed by atoms with Crippen LogP contribution in [0.1, 0.15) is 11.4 Å². The Balaban J connectivity index is 2.54. The van der Waals surface area contributed by atoms with Crippen LogP contribution in [0.2, 0.25) is 0 Å². The van der Waals surface area contributed by atoms with Gasteiger partial charge in [0.15, 0.2) is 5.69 Å². The highest BCUT2D eigenvalue weighted by Crippen LogP contribution is 2.12. The fourth-order valence-electron chi connectivity index (χ4n) is 1.27. The van der Waals surface area contributed by atoms with Crippen LogP contribution in [-0.2, 0) is 0 Å². The summed E-state index contributed by atoms with van der Waals surface area (Å²) in [4.78, 5) is 2.13. The molecule has 0 atom stereocenters. The predicted molar refractivity (Wildman–Crippen MR) is 59.7 cm³/mol. The normalized spacial score (nSPS) is 10.6. The molecule has 0 unspecified atom stereocenters. The lowest BCUT2D eigenvalue weighted by Gasteiger charge is -2.04. The van der Waals surface area contributed by atoms with Crippen LogP contribution in [0.15, 0.2) is 28.7 Å². The zero-order chi connectivity index (χ0) is 11.0. The first kappa shape index (κ1) is 10.2. The highest BCUT2D eigenvalue weighted by atomic mass is 79.9. The number of aryl methyl sites for hydroxylation is 1. The molecule has 0 aliphatic carbocycles. The quantitative estimate of drug-likeness (QED) is 0.585. The van der Waals surface area contributed by atoms with Crippen LogP contribution in [0.5, 0.6) is 0 Å². The number of aromatic nitrogens is 3. The highest BCUT2D eigenvalue weighted by molar-refractivity contribution is 9.10. The molecule has 0 saturated carbocycles. The smallest absolute Gasteiger partial charge is 0.219 e. The van der Waals surface area contributed by atoms with Gasteiger partial charge in [-0.3, -0.25) is 0 Å². The minimum absolute atomic E-state index is 0.623. The van der Waals surface area contributed by atoms with Crippen molar-refractivity contribution in [2.24, 2.45) is 0 Å². The zero-order valence-electron chi connectivity index (χ0n) is 8.44. The second-order valence-corrected chi connectivity index (χ2v) is 4.23. The molecule has 0 N–H and O–H groups in total. The van der Waals surface area contributed by atoms with E-state index in [4.69, 9.17) is 0 Å². The predicted octanol–water partition coefficient (Wildman–Crippen LogP) is 1.89. The van der Waals surface area contributed by atoms with E-state index in [1.807, 2.05) is 31.2 Å². The molecule has 0 saturated heterocycles. The van der Waals surface area contributed by atoms with E-state index in [-0.39, 0.29) is 0 Å². The van der Waals surface area contributed by atoms with Gasteiger partial charge in [0.1, 0.15) is 5.69 Å². The van der Waals surface area contributed by atoms with Gasteiger partial charge >= 0.3 is 0 Å². The Morgan fingerprint density at radius 1 is 1.27 bits per heavy atom. The van der Waals surface area contributed by atoms with E-state index < -0.39 is 0 Å². The van der Waals surface area contributed by atoms with Crippen molar-refractivity contribution in [1.82, 2.24) is 9.90 Å². The van der Waals surface area contributed by atoms with E-state index in [1.165, 1.54) is 4.80 Å². The number of halogens is 1. The molecule has 5 heteroatoms. The minimum atomic E-state index is 0.623. The Bertz CT molecular complexity index is 490. The molecule has 0 spiro atoms. The van der Waals surface area contributed by atoms with Gasteiger partial charge < -0.3 is 5.21 Å². The average Bonchev–Trinajstić information content (AvgIpc) is 2.47. The van der Waals surface area contributed by atoms with Crippen LogP contribution < -0.4 is 4.85 Å². The summed E-state index contributed by atoms with van der Waals surface area (Å²) < 4.78 is 0.976. The van der Waals surface area contributed by atoms with E-state index in [2.05, 4.69) is 21.0 Å². The third-order valence-corrected chi connectivity index (χ3v) is 2.81. The van der Waals surface area contributed by atoms with Crippen molar-refractivity contribution >= 4 is 15.9 Å². The maximum atomic E-state index is 11.7. The van der Waals surface area contributed by atoms with E-state index in [1.54, 1.807) is 6.92 Å². The topological polar surface area (TPSA) is 44.8 Å². The molecule has 1 aromatic heterocycles. The van der Waals surface area contributed by atoms with Gasteiger partial charge in [-0.2, -0.15) is 4.85 Å². The lowest BCUT2D eigenvalue weighted by atomic mass is 10.3. The van der Waals surface area contributed by atoms with Crippen LogP contribution in [-0.4, -0.2) is 9.90 Å². The van der Waals surface area contributed by atoms with Gasteiger partial charge in [0.25, 0.3) is 0 Å². The van der Waals surface area contributed by atoms with Crippen molar-refractivity contribution in [1.29, 1.82) is 0 Å². The van der Waals surface area contributed by atoms with Crippen molar-refractivity contribution in [2.45, 2.75) is 13.8 Å². The molecule has 0 amide bonds. The second kappa shape index (κ2) is 3.66. The zero-order valence-corrected chi connectivity index (χ0v) is 10.0. The summed E-state index contributed by atoms with van der Waals surface area (Å²) in [5.41, 5.74) is 2.12. The van der Waals surface area contributed by atoms with Gasteiger partial charge in [-0.1, -0.05) is 15.9 Å². The first-order valence-corrected chi connectivity index (χ1v) is 5.31. The van der Waals surface area contributed by atoms with Crippen molar-refractivity contribution in [3.05, 3.63) is 45.3 Å². The second-order valence-electron chi connectivity index (χ2n) is 3.31. The van der Waals surface area contributed by atoms with Crippen LogP contribution in [0.3, 0.4) is 0 Å². The van der Waals surface area contributed by atoms with Gasteiger partial charge in [-0.25, -0.2) is 0 Å². The van der Waals surface area contributed by atoms with Gasteiger partial charge in [0, 0.05) is 23.4 Å². The Labute approximate surface area is 95.8 Å². The Morgan fingerprint density at radius 2 is 1.87 bits per heavy atom. The minimum Gasteiger partial charge on any atom is -0.692 e. The van der Waals surface area contributed by atoms with Gasteiger partial charge in [0.05, 0.1) is 0 Å². The first-order valence-electron chi connectivity index (χ1n) is 4.51. The number of benzene rings is 1. The summed E-state index contributed by atoms with van der Waals surface area (Å²) in [6.45, 7) is 3.57. The van der Waals surface area contributed by atoms with Gasteiger partial charge in [-0.15, -0.1) is 0 Å². The third kappa shape index (κ3) is 1.74. The van der Waals surface area contributed by atoms with Crippen LogP contribution in [0, 0.1) is 19.1 Å². The number of hydrogen-bond acceptors (Lipinski definition) is 2. The number of rotatable bonds is 1. The monoisotopic (exact) mass is 267 g/mol. The average molecular weight is 268 g/mol. The van der Waals surface area contributed by atoms with E-state index in [9.17, 15) is 5.21 Å². The number of nitrogens with zero attached hydrogens (tertiary/aromatic N) is 3. The standard InChI is InChI=1S/C10H10BrN3O/c1-7-8(2)14(15)13(12-7)10-5-3-9(11)4-6-10/h3-6H,1-2H3. The van der Waals surface area contributed by atoms with Crippen molar-refractivity contribution in [2.75, 3.05) is 0 Å². The van der Waals surface area contributed by atoms with Crippen molar-refractivity contribution in [3.63, 3.8) is 0 Å². The Hall–Kier alpha value is -1.36. The van der Waals surface area contributed by atoms with Crippen LogP contribution in [0.4, 0.5) is 0 Å². The summed E-state index contributed by atoms with van der Waals surface area (Å²) in [5.74, 6) is 0. The molecule has 0 aliphatic heterocycles. The molecular weight excluding hydrogens is 258 g/mol. The van der Waals surface area contributed by atoms with E-state index >= 15 is 0 Å². The van der Waals surface area contributed by atoms with E-state index in [0.717, 1.165) is 20.7 Å². The lowest BCUT2D eigenvalue weighted by molar-refractivity contribution is -0.694. The van der Waals surface area contributed by atoms with E-state index in [0.29, 0.717) is 5.69 Å². The largest absolute Gasteiger partial charge is 0.692 e. The molecule has 1 aromatic carbocycles. The highest BCUT2D eigenvalue weighted by Gasteiger charge is 2.15. The molecular formula is C10H10BrN3O. The molecule has 15 heavy (non-hydrogen) atoms. The van der Waals surface area contributed by atoms with Gasteiger partial charge in [0.2, 0.25) is 5.69 Å². The molecule has 4 nitrogen and oxygen atoms in total. The lowest BCUT2D eigenvalue weighted by Crippen LogP contribution is -2.39. The summed E-state index contributed by atoms with van der Waals surface area (Å²) in [6.07, 6.45) is 0. The molecule has 1 heterocycles.